The van der Waals surface area contributed by atoms with Crippen LogP contribution in [0.2, 0.25) is 0 Å². The van der Waals surface area contributed by atoms with Crippen LogP contribution in [0.4, 0.5) is 0 Å². The van der Waals surface area contributed by atoms with Crippen molar-refractivity contribution in [3.8, 4) is 0 Å². The highest BCUT2D eigenvalue weighted by molar-refractivity contribution is 5.79. The summed E-state index contributed by atoms with van der Waals surface area (Å²) in [5.74, 6) is 1.44. The highest BCUT2D eigenvalue weighted by atomic mass is 16.2. The molecule has 0 radical (unpaired) electrons. The lowest BCUT2D eigenvalue weighted by Gasteiger charge is -2.20. The van der Waals surface area contributed by atoms with E-state index < -0.39 is 0 Å². The number of nitrogens with two attached hydrogens (primary N) is 1. The van der Waals surface area contributed by atoms with Gasteiger partial charge in [-0.3, -0.25) is 4.79 Å². The maximum absolute atomic E-state index is 12.1. The van der Waals surface area contributed by atoms with Gasteiger partial charge in [0.1, 0.15) is 0 Å². The van der Waals surface area contributed by atoms with Crippen LogP contribution in [-0.2, 0) is 4.79 Å². The van der Waals surface area contributed by atoms with Crippen LogP contribution in [0.5, 0.6) is 0 Å². The Hall–Kier alpha value is -0.570. The lowest BCUT2D eigenvalue weighted by molar-refractivity contribution is -0.134. The fourth-order valence-corrected chi connectivity index (χ4v) is 2.94. The molecule has 0 aromatic carbocycles. The zero-order valence-electron chi connectivity index (χ0n) is 9.45. The lowest BCUT2D eigenvalue weighted by Crippen LogP contribution is -2.33. The van der Waals surface area contributed by atoms with Crippen molar-refractivity contribution in [2.45, 2.75) is 38.5 Å². The third-order valence-corrected chi connectivity index (χ3v) is 3.88. The molecule has 1 atom stereocenters. The fourth-order valence-electron chi connectivity index (χ4n) is 2.94. The van der Waals surface area contributed by atoms with Gasteiger partial charge in [0.25, 0.3) is 0 Å². The van der Waals surface area contributed by atoms with Gasteiger partial charge in [0.2, 0.25) is 5.91 Å². The normalized spacial score (nSPS) is 27.5. The Bertz CT molecular complexity index is 224. The van der Waals surface area contributed by atoms with Gasteiger partial charge in [0.05, 0.1) is 0 Å². The van der Waals surface area contributed by atoms with Crippen molar-refractivity contribution in [2.75, 3.05) is 19.6 Å². The standard InChI is InChI=1S/C12H22N2O/c13-7-5-10-6-8-14(9-10)12(15)11-3-1-2-4-11/h10-11H,1-9,13H2. The number of nitrogens with zero attached hydrogens (tertiary/aromatic N) is 1. The first-order chi connectivity index (χ1) is 7.31. The molecule has 3 heteroatoms. The Labute approximate surface area is 92.0 Å². The SMILES string of the molecule is NCCC1CCN(C(=O)C2CCCC2)C1. The monoisotopic (exact) mass is 210 g/mol. The molecule has 0 aromatic heterocycles. The molecule has 0 spiro atoms. The molecule has 2 N–H and O–H groups in total. The molecule has 1 saturated carbocycles. The van der Waals surface area contributed by atoms with Crippen LogP contribution in [0.15, 0.2) is 0 Å². The molecule has 15 heavy (non-hydrogen) atoms. The predicted octanol–water partition coefficient (Wildman–Crippen LogP) is 1.37. The highest BCUT2D eigenvalue weighted by Gasteiger charge is 2.31. The summed E-state index contributed by atoms with van der Waals surface area (Å²) in [5.41, 5.74) is 5.55. The topological polar surface area (TPSA) is 46.3 Å². The van der Waals surface area contributed by atoms with E-state index in [0.717, 1.165) is 45.3 Å². The Kier molecular flexibility index (Phi) is 3.62. The molecule has 1 amide bonds. The molecule has 1 aliphatic heterocycles. The molecule has 1 heterocycles. The van der Waals surface area contributed by atoms with Crippen molar-refractivity contribution in [1.82, 2.24) is 4.90 Å². The molecule has 1 aliphatic carbocycles. The van der Waals surface area contributed by atoms with Crippen molar-refractivity contribution >= 4 is 5.91 Å². The first kappa shape index (κ1) is 10.9. The Morgan fingerprint density at radius 1 is 1.27 bits per heavy atom. The minimum absolute atomic E-state index is 0.349. The molecule has 0 bridgehead atoms. The largest absolute Gasteiger partial charge is 0.342 e. The third kappa shape index (κ3) is 2.51. The van der Waals surface area contributed by atoms with Gasteiger partial charge in [-0.05, 0) is 38.1 Å². The molecule has 1 unspecified atom stereocenters. The van der Waals surface area contributed by atoms with Crippen LogP contribution in [0, 0.1) is 11.8 Å². The first-order valence-corrected chi connectivity index (χ1v) is 6.30. The number of rotatable bonds is 3. The van der Waals surface area contributed by atoms with E-state index in [-0.39, 0.29) is 0 Å². The summed E-state index contributed by atoms with van der Waals surface area (Å²) in [7, 11) is 0. The minimum Gasteiger partial charge on any atom is -0.342 e. The van der Waals surface area contributed by atoms with Crippen molar-refractivity contribution in [3.63, 3.8) is 0 Å². The number of carbonyl (C=O) groups excluding carboxylic acids is 1. The van der Waals surface area contributed by atoms with Gasteiger partial charge in [-0.15, -0.1) is 0 Å². The number of amides is 1. The minimum atomic E-state index is 0.349. The number of hydrogen-bond donors (Lipinski definition) is 1. The van der Waals surface area contributed by atoms with Gasteiger partial charge in [-0.2, -0.15) is 0 Å². The van der Waals surface area contributed by atoms with E-state index in [0.29, 0.717) is 17.7 Å². The van der Waals surface area contributed by atoms with Gasteiger partial charge >= 0.3 is 0 Å². The number of hydrogen-bond acceptors (Lipinski definition) is 2. The molecule has 2 aliphatic rings. The molecule has 86 valence electrons. The van der Waals surface area contributed by atoms with Crippen molar-refractivity contribution in [1.29, 1.82) is 0 Å². The molecule has 1 saturated heterocycles. The van der Waals surface area contributed by atoms with Crippen LogP contribution in [0.1, 0.15) is 38.5 Å². The number of likely N-dealkylation sites (tertiary alicyclic amines) is 1. The van der Waals surface area contributed by atoms with Crippen molar-refractivity contribution in [3.05, 3.63) is 0 Å². The summed E-state index contributed by atoms with van der Waals surface area (Å²) < 4.78 is 0. The van der Waals surface area contributed by atoms with E-state index in [9.17, 15) is 4.79 Å². The van der Waals surface area contributed by atoms with Gasteiger partial charge in [-0.1, -0.05) is 12.8 Å². The maximum Gasteiger partial charge on any atom is 0.225 e. The quantitative estimate of drug-likeness (QED) is 0.765. The second-order valence-electron chi connectivity index (χ2n) is 5.00. The zero-order valence-corrected chi connectivity index (χ0v) is 9.45. The summed E-state index contributed by atoms with van der Waals surface area (Å²) in [6.07, 6.45) is 6.98. The predicted molar refractivity (Wildman–Crippen MR) is 60.3 cm³/mol. The molecule has 2 rings (SSSR count). The second-order valence-corrected chi connectivity index (χ2v) is 5.00. The molecule has 3 nitrogen and oxygen atoms in total. The molecular formula is C12H22N2O. The lowest BCUT2D eigenvalue weighted by atomic mass is 10.1. The van der Waals surface area contributed by atoms with E-state index in [1.54, 1.807) is 0 Å². The Morgan fingerprint density at radius 3 is 2.67 bits per heavy atom. The van der Waals surface area contributed by atoms with Crippen LogP contribution in [0.25, 0.3) is 0 Å². The summed E-state index contributed by atoms with van der Waals surface area (Å²) in [6, 6.07) is 0. The van der Waals surface area contributed by atoms with Gasteiger partial charge < -0.3 is 10.6 Å². The maximum atomic E-state index is 12.1. The average Bonchev–Trinajstić information content (AvgIpc) is 2.87. The average molecular weight is 210 g/mol. The summed E-state index contributed by atoms with van der Waals surface area (Å²) in [4.78, 5) is 14.2. The van der Waals surface area contributed by atoms with Crippen LogP contribution in [0.3, 0.4) is 0 Å². The molecular weight excluding hydrogens is 188 g/mol. The van der Waals surface area contributed by atoms with E-state index in [1.165, 1.54) is 12.8 Å². The summed E-state index contributed by atoms with van der Waals surface area (Å²) in [6.45, 7) is 2.70. The fraction of sp³-hybridized carbons (Fsp3) is 0.917. The third-order valence-electron chi connectivity index (χ3n) is 3.88. The smallest absolute Gasteiger partial charge is 0.225 e. The summed E-state index contributed by atoms with van der Waals surface area (Å²) in [5, 5.41) is 0. The van der Waals surface area contributed by atoms with Gasteiger partial charge in [-0.25, -0.2) is 0 Å². The van der Waals surface area contributed by atoms with Gasteiger partial charge in [0.15, 0.2) is 0 Å². The molecule has 0 aromatic rings. The summed E-state index contributed by atoms with van der Waals surface area (Å²) >= 11 is 0. The molecule has 2 fully saturated rings. The van der Waals surface area contributed by atoms with E-state index >= 15 is 0 Å². The number of carbonyl (C=O) groups is 1. The van der Waals surface area contributed by atoms with E-state index in [2.05, 4.69) is 4.90 Å². The van der Waals surface area contributed by atoms with E-state index in [4.69, 9.17) is 5.73 Å². The van der Waals surface area contributed by atoms with Crippen molar-refractivity contribution in [2.24, 2.45) is 17.6 Å². The van der Waals surface area contributed by atoms with Crippen molar-refractivity contribution < 1.29 is 4.79 Å². The highest BCUT2D eigenvalue weighted by Crippen LogP contribution is 2.29. The first-order valence-electron chi connectivity index (χ1n) is 6.30. The Balaban J connectivity index is 1.81. The van der Waals surface area contributed by atoms with E-state index in [1.807, 2.05) is 0 Å². The Morgan fingerprint density at radius 2 is 2.00 bits per heavy atom. The second kappa shape index (κ2) is 4.97. The van der Waals surface area contributed by atoms with Gasteiger partial charge in [0, 0.05) is 19.0 Å². The zero-order chi connectivity index (χ0) is 10.7. The van der Waals surface area contributed by atoms with Crippen LogP contribution < -0.4 is 5.73 Å². The van der Waals surface area contributed by atoms with Crippen LogP contribution >= 0.6 is 0 Å². The van der Waals surface area contributed by atoms with Crippen LogP contribution in [-0.4, -0.2) is 30.4 Å².